The largest absolute Gasteiger partial charge is 0.444 e. The summed E-state index contributed by atoms with van der Waals surface area (Å²) in [6.45, 7) is 9.17. The second-order valence-electron chi connectivity index (χ2n) is 9.12. The highest BCUT2D eigenvalue weighted by Crippen LogP contribution is 2.33. The smallest absolute Gasteiger partial charge is 0.410 e. The van der Waals surface area contributed by atoms with Gasteiger partial charge in [-0.1, -0.05) is 44.2 Å². The van der Waals surface area contributed by atoms with E-state index in [0.717, 1.165) is 5.56 Å². The Bertz CT molecular complexity index is 760. The van der Waals surface area contributed by atoms with E-state index in [2.05, 4.69) is 5.32 Å². The van der Waals surface area contributed by atoms with Crippen LogP contribution in [0.5, 0.6) is 0 Å². The summed E-state index contributed by atoms with van der Waals surface area (Å²) in [5.74, 6) is -1.63. The lowest BCUT2D eigenvalue weighted by Crippen LogP contribution is -2.56. The fourth-order valence-electron chi connectivity index (χ4n) is 3.62. The van der Waals surface area contributed by atoms with Crippen molar-refractivity contribution in [2.75, 3.05) is 6.54 Å². The number of carbonyl (C=O) groups excluding carboxylic acids is 3. The van der Waals surface area contributed by atoms with E-state index in [0.29, 0.717) is 13.0 Å². The van der Waals surface area contributed by atoms with Crippen LogP contribution in [0.4, 0.5) is 4.79 Å². The molecule has 1 aliphatic heterocycles. The topological polar surface area (TPSA) is 122 Å². The van der Waals surface area contributed by atoms with Crippen LogP contribution >= 0.6 is 0 Å². The lowest BCUT2D eigenvalue weighted by atomic mass is 9.95. The van der Waals surface area contributed by atoms with Gasteiger partial charge in [-0.2, -0.15) is 0 Å². The van der Waals surface area contributed by atoms with E-state index in [1.165, 1.54) is 4.90 Å². The molecule has 0 radical (unpaired) electrons. The molecule has 1 aromatic carbocycles. The number of aliphatic hydroxyl groups excluding tert-OH is 1. The molecule has 0 spiro atoms. The van der Waals surface area contributed by atoms with Crippen molar-refractivity contribution in [1.29, 1.82) is 0 Å². The zero-order valence-corrected chi connectivity index (χ0v) is 18.3. The van der Waals surface area contributed by atoms with Crippen LogP contribution in [-0.4, -0.2) is 58.2 Å². The summed E-state index contributed by atoms with van der Waals surface area (Å²) in [7, 11) is 0. The maximum absolute atomic E-state index is 13.1. The molecule has 2 rings (SSSR count). The van der Waals surface area contributed by atoms with Gasteiger partial charge in [-0.25, -0.2) is 4.79 Å². The number of nitrogens with zero attached hydrogens (tertiary/aromatic N) is 1. The molecule has 0 aromatic heterocycles. The molecule has 3 amide bonds. The molecule has 2 unspecified atom stereocenters. The van der Waals surface area contributed by atoms with E-state index in [1.807, 2.05) is 30.3 Å². The summed E-state index contributed by atoms with van der Waals surface area (Å²) in [6.07, 6.45) is -1.68. The van der Waals surface area contributed by atoms with Crippen LogP contribution in [0.3, 0.4) is 0 Å². The molecule has 0 bridgehead atoms. The Morgan fingerprint density at radius 3 is 2.30 bits per heavy atom. The first-order valence-electron chi connectivity index (χ1n) is 10.2. The molecule has 1 saturated heterocycles. The van der Waals surface area contributed by atoms with Crippen LogP contribution in [0, 0.1) is 5.92 Å². The molecule has 4 atom stereocenters. The minimum atomic E-state index is -1.52. The third kappa shape index (κ3) is 5.95. The zero-order valence-electron chi connectivity index (χ0n) is 18.3. The normalized spacial score (nSPS) is 21.2. The number of ether oxygens (including phenoxy) is 1. The molecule has 1 aromatic rings. The van der Waals surface area contributed by atoms with Crippen LogP contribution in [0.15, 0.2) is 30.3 Å². The van der Waals surface area contributed by atoms with Crippen LogP contribution in [0.1, 0.15) is 52.5 Å². The molecule has 8 nitrogen and oxygen atoms in total. The number of primary amides is 1. The fourth-order valence-corrected chi connectivity index (χ4v) is 3.62. The van der Waals surface area contributed by atoms with E-state index >= 15 is 0 Å². The number of hydrogen-bond donors (Lipinski definition) is 3. The molecule has 1 fully saturated rings. The van der Waals surface area contributed by atoms with E-state index in [9.17, 15) is 19.5 Å². The van der Waals surface area contributed by atoms with Gasteiger partial charge in [0.15, 0.2) is 6.10 Å². The number of benzene rings is 1. The van der Waals surface area contributed by atoms with Gasteiger partial charge in [0.1, 0.15) is 11.6 Å². The Morgan fingerprint density at radius 2 is 1.80 bits per heavy atom. The first-order valence-corrected chi connectivity index (χ1v) is 10.2. The monoisotopic (exact) mass is 419 g/mol. The Hall–Kier alpha value is -2.61. The third-order valence-corrected chi connectivity index (χ3v) is 5.16. The van der Waals surface area contributed by atoms with Crippen LogP contribution < -0.4 is 11.1 Å². The van der Waals surface area contributed by atoms with Gasteiger partial charge in [0, 0.05) is 12.5 Å². The third-order valence-electron chi connectivity index (χ3n) is 5.16. The predicted molar refractivity (Wildman–Crippen MR) is 112 cm³/mol. The quantitative estimate of drug-likeness (QED) is 0.649. The predicted octanol–water partition coefficient (Wildman–Crippen LogP) is 1.77. The number of nitrogens with two attached hydrogens (primary N) is 1. The molecular weight excluding hydrogens is 386 g/mol. The number of carbonyl (C=O) groups is 3. The summed E-state index contributed by atoms with van der Waals surface area (Å²) in [6, 6.07) is 8.03. The maximum atomic E-state index is 13.1. The first-order chi connectivity index (χ1) is 13.9. The Labute approximate surface area is 177 Å². The van der Waals surface area contributed by atoms with Gasteiger partial charge in [0.05, 0.1) is 6.04 Å². The first kappa shape index (κ1) is 23.7. The second-order valence-corrected chi connectivity index (χ2v) is 9.12. The van der Waals surface area contributed by atoms with Crippen molar-refractivity contribution >= 4 is 17.9 Å². The summed E-state index contributed by atoms with van der Waals surface area (Å²) in [5, 5.41) is 12.8. The standard InChI is InChI=1S/C22H33N3O5/c1-13(2)17(18(26)19(23)27)24-20(28)16-11-15(14-9-7-6-8-10-14)12-25(16)21(29)30-22(3,4)5/h6-10,13,15-18,26H,11-12H2,1-5H3,(H2,23,27)(H,24,28)/t15-,16-,17?,18?/m0/s1. The highest BCUT2D eigenvalue weighted by molar-refractivity contribution is 5.88. The Kier molecular flexibility index (Phi) is 7.47. The van der Waals surface area contributed by atoms with E-state index < -0.39 is 41.7 Å². The Balaban J connectivity index is 2.26. The molecule has 4 N–H and O–H groups in total. The Morgan fingerprint density at radius 1 is 1.20 bits per heavy atom. The van der Waals surface area contributed by atoms with Crippen LogP contribution in [0.2, 0.25) is 0 Å². The maximum Gasteiger partial charge on any atom is 0.410 e. The van der Waals surface area contributed by atoms with Crippen molar-refractivity contribution in [1.82, 2.24) is 10.2 Å². The summed E-state index contributed by atoms with van der Waals surface area (Å²) < 4.78 is 5.51. The average Bonchev–Trinajstić information content (AvgIpc) is 3.10. The number of likely N-dealkylation sites (tertiary alicyclic amines) is 1. The summed E-state index contributed by atoms with van der Waals surface area (Å²) in [4.78, 5) is 38.8. The number of nitrogens with one attached hydrogen (secondary N) is 1. The number of amides is 3. The molecule has 0 aliphatic carbocycles. The fraction of sp³-hybridized carbons (Fsp3) is 0.591. The van der Waals surface area contributed by atoms with Crippen molar-refractivity contribution in [2.24, 2.45) is 11.7 Å². The highest BCUT2D eigenvalue weighted by atomic mass is 16.6. The van der Waals surface area contributed by atoms with Gasteiger partial charge in [0.2, 0.25) is 11.8 Å². The molecule has 1 aliphatic rings. The summed E-state index contributed by atoms with van der Waals surface area (Å²) >= 11 is 0. The lowest BCUT2D eigenvalue weighted by Gasteiger charge is -2.31. The second kappa shape index (κ2) is 9.47. The van der Waals surface area contributed by atoms with E-state index in [-0.39, 0.29) is 11.8 Å². The molecular formula is C22H33N3O5. The minimum Gasteiger partial charge on any atom is -0.444 e. The highest BCUT2D eigenvalue weighted by Gasteiger charge is 2.43. The van der Waals surface area contributed by atoms with Crippen molar-refractivity contribution in [3.63, 3.8) is 0 Å². The van der Waals surface area contributed by atoms with Gasteiger partial charge < -0.3 is 20.9 Å². The number of aliphatic hydroxyl groups is 1. The van der Waals surface area contributed by atoms with Gasteiger partial charge >= 0.3 is 6.09 Å². The van der Waals surface area contributed by atoms with Crippen molar-refractivity contribution in [2.45, 2.75) is 70.7 Å². The van der Waals surface area contributed by atoms with Crippen LogP contribution in [-0.2, 0) is 14.3 Å². The van der Waals surface area contributed by atoms with E-state index in [4.69, 9.17) is 10.5 Å². The van der Waals surface area contributed by atoms with Crippen LogP contribution in [0.25, 0.3) is 0 Å². The SMILES string of the molecule is CC(C)C(NC(=O)[C@@H]1C[C@H](c2ccccc2)CN1C(=O)OC(C)(C)C)C(O)C(N)=O. The number of rotatable bonds is 6. The molecule has 166 valence electrons. The number of hydrogen-bond acceptors (Lipinski definition) is 5. The van der Waals surface area contributed by atoms with Gasteiger partial charge in [0.25, 0.3) is 0 Å². The van der Waals surface area contributed by atoms with Crippen molar-refractivity contribution in [3.05, 3.63) is 35.9 Å². The molecule has 30 heavy (non-hydrogen) atoms. The lowest BCUT2D eigenvalue weighted by molar-refractivity contribution is -0.132. The van der Waals surface area contributed by atoms with Gasteiger partial charge in [-0.15, -0.1) is 0 Å². The van der Waals surface area contributed by atoms with E-state index in [1.54, 1.807) is 34.6 Å². The minimum absolute atomic E-state index is 0.0342. The van der Waals surface area contributed by atoms with Gasteiger partial charge in [-0.05, 0) is 38.7 Å². The average molecular weight is 420 g/mol. The van der Waals surface area contributed by atoms with Gasteiger partial charge in [-0.3, -0.25) is 14.5 Å². The van der Waals surface area contributed by atoms with Crippen molar-refractivity contribution < 1.29 is 24.2 Å². The molecule has 0 saturated carbocycles. The molecule has 8 heteroatoms. The van der Waals surface area contributed by atoms with Crippen molar-refractivity contribution in [3.8, 4) is 0 Å². The molecule has 1 heterocycles. The summed E-state index contributed by atoms with van der Waals surface area (Å²) in [5.41, 5.74) is 5.55. The zero-order chi connectivity index (χ0) is 22.6.